The maximum atomic E-state index is 12.9. The molecule has 72 heavy (non-hydrogen) atoms. The molecule has 0 saturated heterocycles. The van der Waals surface area contributed by atoms with Crippen LogP contribution in [0.1, 0.15) is 247 Å². The van der Waals surface area contributed by atoms with E-state index in [2.05, 4.69) is 41.5 Å². The zero-order valence-electron chi connectivity index (χ0n) is 45.7. The van der Waals surface area contributed by atoms with Crippen molar-refractivity contribution < 1.29 is 80.2 Å². The maximum absolute atomic E-state index is 12.9. The number of esters is 4. The highest BCUT2D eigenvalue weighted by Crippen LogP contribution is 2.45. The predicted octanol–water partition coefficient (Wildman–Crippen LogP) is 13.4. The van der Waals surface area contributed by atoms with Gasteiger partial charge in [-0.05, 0) is 37.5 Å². The summed E-state index contributed by atoms with van der Waals surface area (Å²) >= 11 is 0. The van der Waals surface area contributed by atoms with Crippen molar-refractivity contribution in [2.24, 2.45) is 11.8 Å². The zero-order valence-corrected chi connectivity index (χ0v) is 47.5. The van der Waals surface area contributed by atoms with Crippen molar-refractivity contribution in [3.05, 3.63) is 0 Å². The molecule has 0 aromatic heterocycles. The minimum absolute atomic E-state index is 0.102. The van der Waals surface area contributed by atoms with Gasteiger partial charge in [0.15, 0.2) is 12.2 Å². The predicted molar refractivity (Wildman–Crippen MR) is 280 cm³/mol. The van der Waals surface area contributed by atoms with Gasteiger partial charge in [-0.1, -0.05) is 196 Å². The summed E-state index contributed by atoms with van der Waals surface area (Å²) in [5.41, 5.74) is 0. The Hall–Kier alpha value is -1.94. The summed E-state index contributed by atoms with van der Waals surface area (Å²) in [5.74, 6) is -0.718. The number of carbonyl (C=O) groups excluding carboxylic acids is 4. The quantitative estimate of drug-likeness (QED) is 0.0222. The van der Waals surface area contributed by atoms with Gasteiger partial charge in [0.25, 0.3) is 0 Å². The standard InChI is InChI=1S/C53H102O17P2/c1-7-11-13-15-16-25-31-37-52(57)69-48(41-63-50(55)35-29-21-14-12-8-2)43-67-71(59,60)65-39-47(54)40-66-72(61,62)68-44-49(70-53(58)38-32-26-20-18-23-28-34-46(6)10-4)42-64-51(56)36-30-24-19-17-22-27-33-45(5)9-3/h45-49,54H,7-44H2,1-6H3,(H,59,60)(H,61,62)/t45?,46?,47-,48+,49+/m0/s1. The van der Waals surface area contributed by atoms with Gasteiger partial charge >= 0.3 is 39.5 Å². The third kappa shape index (κ3) is 45.5. The topological polar surface area (TPSA) is 237 Å². The number of unbranched alkanes of at least 4 members (excludes halogenated alkanes) is 20. The molecule has 0 aromatic rings. The average molecular weight is 1070 g/mol. The fourth-order valence-corrected chi connectivity index (χ4v) is 9.10. The van der Waals surface area contributed by atoms with Crippen LogP contribution in [0, 0.1) is 11.8 Å². The van der Waals surface area contributed by atoms with E-state index in [0.29, 0.717) is 25.7 Å². The van der Waals surface area contributed by atoms with Crippen LogP contribution in [0.5, 0.6) is 0 Å². The second-order valence-electron chi connectivity index (χ2n) is 19.7. The van der Waals surface area contributed by atoms with Crippen molar-refractivity contribution in [3.8, 4) is 0 Å². The fourth-order valence-electron chi connectivity index (χ4n) is 7.52. The largest absolute Gasteiger partial charge is 0.472 e. The smallest absolute Gasteiger partial charge is 0.462 e. The van der Waals surface area contributed by atoms with Crippen LogP contribution in [0.25, 0.3) is 0 Å². The molecule has 0 spiro atoms. The molecule has 17 nitrogen and oxygen atoms in total. The van der Waals surface area contributed by atoms with E-state index in [4.69, 9.17) is 37.0 Å². The normalized spacial score (nSPS) is 15.4. The average Bonchev–Trinajstić information content (AvgIpc) is 3.35. The van der Waals surface area contributed by atoms with E-state index >= 15 is 0 Å². The van der Waals surface area contributed by atoms with Crippen molar-refractivity contribution in [2.45, 2.75) is 265 Å². The molecule has 0 aromatic carbocycles. The minimum Gasteiger partial charge on any atom is -0.462 e. The molecule has 0 aliphatic carbocycles. The number of rotatable bonds is 52. The minimum atomic E-state index is -4.93. The van der Waals surface area contributed by atoms with E-state index in [9.17, 15) is 43.2 Å². The number of aliphatic hydroxyl groups is 1. The summed E-state index contributed by atoms with van der Waals surface area (Å²) < 4.78 is 67.2. The summed E-state index contributed by atoms with van der Waals surface area (Å²) in [6.45, 7) is 9.17. The number of aliphatic hydroxyl groups excluding tert-OH is 1. The van der Waals surface area contributed by atoms with Crippen LogP contribution in [-0.2, 0) is 65.4 Å². The number of phosphoric ester groups is 2. The lowest BCUT2D eigenvalue weighted by atomic mass is 10.00. The lowest BCUT2D eigenvalue weighted by molar-refractivity contribution is -0.161. The van der Waals surface area contributed by atoms with E-state index in [1.165, 1.54) is 38.5 Å². The molecule has 0 amide bonds. The Morgan fingerprint density at radius 3 is 0.986 bits per heavy atom. The van der Waals surface area contributed by atoms with Gasteiger partial charge in [0, 0.05) is 25.7 Å². The highest BCUT2D eigenvalue weighted by molar-refractivity contribution is 7.47. The molecule has 0 aliphatic rings. The molecule has 7 atom stereocenters. The highest BCUT2D eigenvalue weighted by Gasteiger charge is 2.30. The van der Waals surface area contributed by atoms with E-state index in [0.717, 1.165) is 127 Å². The summed E-state index contributed by atoms with van der Waals surface area (Å²) in [6, 6.07) is 0. The first kappa shape index (κ1) is 70.1. The van der Waals surface area contributed by atoms with Crippen LogP contribution in [0.4, 0.5) is 0 Å². The number of phosphoric acid groups is 2. The number of hydrogen-bond donors (Lipinski definition) is 3. The molecule has 0 heterocycles. The summed E-state index contributed by atoms with van der Waals surface area (Å²) in [5, 5.41) is 10.4. The van der Waals surface area contributed by atoms with Crippen LogP contribution < -0.4 is 0 Å². The number of ether oxygens (including phenoxy) is 4. The van der Waals surface area contributed by atoms with Gasteiger partial charge in [-0.25, -0.2) is 9.13 Å². The molecule has 4 unspecified atom stereocenters. The Labute approximate surface area is 435 Å². The number of carbonyl (C=O) groups is 4. The molecule has 0 rings (SSSR count). The van der Waals surface area contributed by atoms with E-state index < -0.39 is 97.5 Å². The van der Waals surface area contributed by atoms with Crippen molar-refractivity contribution in [2.75, 3.05) is 39.6 Å². The van der Waals surface area contributed by atoms with Crippen LogP contribution in [-0.4, -0.2) is 96.7 Å². The first-order valence-corrected chi connectivity index (χ1v) is 31.1. The lowest BCUT2D eigenvalue weighted by Crippen LogP contribution is -2.30. The molecule has 0 bridgehead atoms. The van der Waals surface area contributed by atoms with Crippen LogP contribution >= 0.6 is 15.6 Å². The molecule has 0 fully saturated rings. The summed E-state index contributed by atoms with van der Waals surface area (Å²) in [7, 11) is -9.85. The number of hydrogen-bond acceptors (Lipinski definition) is 15. The van der Waals surface area contributed by atoms with Gasteiger partial charge < -0.3 is 33.8 Å². The molecule has 0 radical (unpaired) electrons. The van der Waals surface area contributed by atoms with E-state index in [1.54, 1.807) is 0 Å². The third-order valence-corrected chi connectivity index (χ3v) is 14.6. The van der Waals surface area contributed by atoms with E-state index in [1.807, 2.05) is 0 Å². The Morgan fingerprint density at radius 1 is 0.389 bits per heavy atom. The molecule has 0 aliphatic heterocycles. The Morgan fingerprint density at radius 2 is 0.667 bits per heavy atom. The fraction of sp³-hybridized carbons (Fsp3) is 0.925. The van der Waals surface area contributed by atoms with Gasteiger partial charge in [0.2, 0.25) is 0 Å². The third-order valence-electron chi connectivity index (χ3n) is 12.7. The second-order valence-corrected chi connectivity index (χ2v) is 22.7. The molecule has 19 heteroatoms. The highest BCUT2D eigenvalue weighted by atomic mass is 31.2. The van der Waals surface area contributed by atoms with Crippen molar-refractivity contribution in [3.63, 3.8) is 0 Å². The SMILES string of the molecule is CCCCCCCCCC(=O)O[C@H](COC(=O)CCCCCCC)COP(=O)(O)OC[C@H](O)COP(=O)(O)OC[C@@H](COC(=O)CCCCCCCCC(C)CC)OC(=O)CCCCCCCCC(C)CC. The molecule has 3 N–H and O–H groups in total. The Bertz CT molecular complexity index is 1450. The van der Waals surface area contributed by atoms with Crippen molar-refractivity contribution in [1.29, 1.82) is 0 Å². The van der Waals surface area contributed by atoms with Crippen molar-refractivity contribution >= 4 is 39.5 Å². The van der Waals surface area contributed by atoms with Crippen molar-refractivity contribution in [1.82, 2.24) is 0 Å². The first-order chi connectivity index (χ1) is 34.4. The van der Waals surface area contributed by atoms with E-state index in [-0.39, 0.29) is 25.7 Å². The van der Waals surface area contributed by atoms with Crippen LogP contribution in [0.3, 0.4) is 0 Å². The zero-order chi connectivity index (χ0) is 53.7. The molecular weight excluding hydrogens is 971 g/mol. The lowest BCUT2D eigenvalue weighted by Gasteiger charge is -2.21. The summed E-state index contributed by atoms with van der Waals surface area (Å²) in [6.07, 6.45) is 24.4. The molecular formula is C53H102O17P2. The Balaban J connectivity index is 5.20. The van der Waals surface area contributed by atoms with Gasteiger partial charge in [-0.3, -0.25) is 37.3 Å². The second kappa shape index (κ2) is 46.4. The monoisotopic (exact) mass is 1070 g/mol. The maximum Gasteiger partial charge on any atom is 0.472 e. The Kier molecular flexibility index (Phi) is 45.1. The molecule has 0 saturated carbocycles. The summed E-state index contributed by atoms with van der Waals surface area (Å²) in [4.78, 5) is 71.3. The van der Waals surface area contributed by atoms with Crippen LogP contribution in [0.15, 0.2) is 0 Å². The van der Waals surface area contributed by atoms with Gasteiger partial charge in [-0.2, -0.15) is 0 Å². The van der Waals surface area contributed by atoms with Gasteiger partial charge in [0.1, 0.15) is 19.3 Å². The first-order valence-electron chi connectivity index (χ1n) is 28.1. The van der Waals surface area contributed by atoms with Gasteiger partial charge in [0.05, 0.1) is 26.4 Å². The van der Waals surface area contributed by atoms with Gasteiger partial charge in [-0.15, -0.1) is 0 Å². The molecule has 426 valence electrons. The van der Waals surface area contributed by atoms with Crippen LogP contribution in [0.2, 0.25) is 0 Å².